The number of anilines is 1. The van der Waals surface area contributed by atoms with Crippen LogP contribution in [0.2, 0.25) is 0 Å². The number of aromatic amines is 1. The highest BCUT2D eigenvalue weighted by Crippen LogP contribution is 2.29. The summed E-state index contributed by atoms with van der Waals surface area (Å²) >= 11 is 0. The molecule has 1 saturated heterocycles. The van der Waals surface area contributed by atoms with Crippen LogP contribution < -0.4 is 10.6 Å². The normalized spacial score (nSPS) is 19.0. The molecule has 1 fully saturated rings. The van der Waals surface area contributed by atoms with Crippen LogP contribution in [0.1, 0.15) is 34.9 Å². The standard InChI is InChI=1S/C14H17N5O/c15-13(20)11-8-16-4-3-12(11)19-7-1-2-10(9-19)14-17-5-6-18-14/h3-6,8,10H,1-2,7,9H2,(H2,15,20)(H,17,18). The Hall–Kier alpha value is -2.37. The zero-order chi connectivity index (χ0) is 13.9. The molecule has 104 valence electrons. The third-order valence-corrected chi connectivity index (χ3v) is 3.73. The van der Waals surface area contributed by atoms with Crippen molar-refractivity contribution in [2.24, 2.45) is 5.73 Å². The number of imidazole rings is 1. The van der Waals surface area contributed by atoms with Crippen LogP contribution in [-0.4, -0.2) is 33.9 Å². The van der Waals surface area contributed by atoms with Crippen molar-refractivity contribution >= 4 is 11.6 Å². The topological polar surface area (TPSA) is 87.9 Å². The van der Waals surface area contributed by atoms with Crippen LogP contribution in [0.15, 0.2) is 30.9 Å². The summed E-state index contributed by atoms with van der Waals surface area (Å²) in [4.78, 5) is 25.2. The van der Waals surface area contributed by atoms with E-state index in [9.17, 15) is 4.79 Å². The Labute approximate surface area is 117 Å². The Morgan fingerprint density at radius 2 is 2.35 bits per heavy atom. The third-order valence-electron chi connectivity index (χ3n) is 3.73. The molecule has 1 amide bonds. The summed E-state index contributed by atoms with van der Waals surface area (Å²) in [5.74, 6) is 0.922. The molecule has 0 bridgehead atoms. The molecule has 0 saturated carbocycles. The van der Waals surface area contributed by atoms with Gasteiger partial charge in [0.25, 0.3) is 5.91 Å². The van der Waals surface area contributed by atoms with E-state index in [0.717, 1.165) is 37.4 Å². The molecule has 1 aliphatic heterocycles. The first-order chi connectivity index (χ1) is 9.75. The predicted octanol–water partition coefficient (Wildman–Crippen LogP) is 1.29. The van der Waals surface area contributed by atoms with Crippen molar-refractivity contribution in [3.63, 3.8) is 0 Å². The van der Waals surface area contributed by atoms with Gasteiger partial charge in [-0.15, -0.1) is 0 Å². The van der Waals surface area contributed by atoms with E-state index in [-0.39, 0.29) is 0 Å². The molecule has 2 aromatic rings. The minimum atomic E-state index is -0.437. The van der Waals surface area contributed by atoms with Gasteiger partial charge in [0.15, 0.2) is 0 Å². The average molecular weight is 271 g/mol. The maximum atomic E-state index is 11.5. The van der Waals surface area contributed by atoms with Gasteiger partial charge in [0.05, 0.1) is 11.3 Å². The largest absolute Gasteiger partial charge is 0.370 e. The lowest BCUT2D eigenvalue weighted by molar-refractivity contribution is 0.100. The number of hydrogen-bond donors (Lipinski definition) is 2. The van der Waals surface area contributed by atoms with Crippen LogP contribution in [0.3, 0.4) is 0 Å². The second-order valence-corrected chi connectivity index (χ2v) is 5.02. The number of H-pyrrole nitrogens is 1. The van der Waals surface area contributed by atoms with Gasteiger partial charge in [-0.05, 0) is 18.9 Å². The van der Waals surface area contributed by atoms with Crippen molar-refractivity contribution in [2.45, 2.75) is 18.8 Å². The van der Waals surface area contributed by atoms with E-state index in [4.69, 9.17) is 5.73 Å². The molecular weight excluding hydrogens is 254 g/mol. The van der Waals surface area contributed by atoms with Gasteiger partial charge in [-0.3, -0.25) is 9.78 Å². The van der Waals surface area contributed by atoms with Gasteiger partial charge in [-0.25, -0.2) is 4.98 Å². The van der Waals surface area contributed by atoms with Crippen LogP contribution in [0.4, 0.5) is 5.69 Å². The van der Waals surface area contributed by atoms with Crippen molar-refractivity contribution in [2.75, 3.05) is 18.0 Å². The fraction of sp³-hybridized carbons (Fsp3) is 0.357. The number of rotatable bonds is 3. The van der Waals surface area contributed by atoms with Crippen molar-refractivity contribution < 1.29 is 4.79 Å². The Morgan fingerprint density at radius 3 is 3.10 bits per heavy atom. The maximum absolute atomic E-state index is 11.5. The molecule has 6 heteroatoms. The number of carbonyl (C=O) groups excluding carboxylic acids is 1. The lowest BCUT2D eigenvalue weighted by Crippen LogP contribution is -2.36. The quantitative estimate of drug-likeness (QED) is 0.880. The highest BCUT2D eigenvalue weighted by molar-refractivity contribution is 5.98. The van der Waals surface area contributed by atoms with Crippen molar-refractivity contribution in [1.82, 2.24) is 15.0 Å². The molecule has 1 aliphatic rings. The van der Waals surface area contributed by atoms with Crippen LogP contribution >= 0.6 is 0 Å². The van der Waals surface area contributed by atoms with E-state index in [1.54, 1.807) is 12.4 Å². The van der Waals surface area contributed by atoms with E-state index in [1.165, 1.54) is 6.20 Å². The Kier molecular flexibility index (Phi) is 3.37. The number of carbonyl (C=O) groups is 1. The number of amides is 1. The van der Waals surface area contributed by atoms with E-state index in [2.05, 4.69) is 19.9 Å². The first kappa shape index (κ1) is 12.7. The molecular formula is C14H17N5O. The van der Waals surface area contributed by atoms with E-state index in [1.807, 2.05) is 12.3 Å². The number of aromatic nitrogens is 3. The molecule has 1 unspecified atom stereocenters. The third kappa shape index (κ3) is 2.36. The maximum Gasteiger partial charge on any atom is 0.252 e. The molecule has 0 aliphatic carbocycles. The number of hydrogen-bond acceptors (Lipinski definition) is 4. The lowest BCUT2D eigenvalue weighted by Gasteiger charge is -2.34. The zero-order valence-electron chi connectivity index (χ0n) is 11.1. The number of piperidine rings is 1. The van der Waals surface area contributed by atoms with Crippen LogP contribution in [0.25, 0.3) is 0 Å². The Bertz CT molecular complexity index is 595. The van der Waals surface area contributed by atoms with E-state index < -0.39 is 5.91 Å². The van der Waals surface area contributed by atoms with Gasteiger partial charge >= 0.3 is 0 Å². The van der Waals surface area contributed by atoms with Gasteiger partial charge in [-0.2, -0.15) is 0 Å². The van der Waals surface area contributed by atoms with Gasteiger partial charge in [0.2, 0.25) is 0 Å². The molecule has 0 aromatic carbocycles. The number of pyridine rings is 1. The van der Waals surface area contributed by atoms with E-state index >= 15 is 0 Å². The number of nitrogens with zero attached hydrogens (tertiary/aromatic N) is 3. The summed E-state index contributed by atoms with van der Waals surface area (Å²) in [5, 5.41) is 0. The fourth-order valence-electron chi connectivity index (χ4n) is 2.77. The van der Waals surface area contributed by atoms with Gasteiger partial charge in [-0.1, -0.05) is 0 Å². The number of primary amides is 1. The molecule has 0 radical (unpaired) electrons. The van der Waals surface area contributed by atoms with Gasteiger partial charge in [0, 0.05) is 43.8 Å². The minimum Gasteiger partial charge on any atom is -0.370 e. The Balaban J connectivity index is 1.86. The highest BCUT2D eigenvalue weighted by atomic mass is 16.1. The SMILES string of the molecule is NC(=O)c1cnccc1N1CCCC(c2ncc[nH]2)C1. The van der Waals surface area contributed by atoms with Gasteiger partial charge in [0.1, 0.15) is 5.82 Å². The van der Waals surface area contributed by atoms with Crippen molar-refractivity contribution in [3.05, 3.63) is 42.2 Å². The highest BCUT2D eigenvalue weighted by Gasteiger charge is 2.25. The fourth-order valence-corrected chi connectivity index (χ4v) is 2.77. The summed E-state index contributed by atoms with van der Waals surface area (Å²) in [5.41, 5.74) is 6.77. The summed E-state index contributed by atoms with van der Waals surface area (Å²) in [6.45, 7) is 1.75. The summed E-state index contributed by atoms with van der Waals surface area (Å²) < 4.78 is 0. The van der Waals surface area contributed by atoms with Crippen LogP contribution in [-0.2, 0) is 0 Å². The summed E-state index contributed by atoms with van der Waals surface area (Å²) in [7, 11) is 0. The Morgan fingerprint density at radius 1 is 1.45 bits per heavy atom. The monoisotopic (exact) mass is 271 g/mol. The molecule has 2 aromatic heterocycles. The average Bonchev–Trinajstić information content (AvgIpc) is 3.01. The zero-order valence-corrected chi connectivity index (χ0v) is 11.1. The lowest BCUT2D eigenvalue weighted by atomic mass is 9.96. The first-order valence-corrected chi connectivity index (χ1v) is 6.73. The van der Waals surface area contributed by atoms with Gasteiger partial charge < -0.3 is 15.6 Å². The summed E-state index contributed by atoms with van der Waals surface area (Å²) in [6.07, 6.45) is 9.00. The van der Waals surface area contributed by atoms with Crippen LogP contribution in [0, 0.1) is 0 Å². The smallest absolute Gasteiger partial charge is 0.252 e. The van der Waals surface area contributed by atoms with Crippen LogP contribution in [0.5, 0.6) is 0 Å². The molecule has 0 spiro atoms. The number of nitrogens with two attached hydrogens (primary N) is 1. The molecule has 3 N–H and O–H groups in total. The molecule has 20 heavy (non-hydrogen) atoms. The predicted molar refractivity (Wildman–Crippen MR) is 75.5 cm³/mol. The molecule has 3 heterocycles. The number of nitrogens with one attached hydrogen (secondary N) is 1. The second-order valence-electron chi connectivity index (χ2n) is 5.02. The first-order valence-electron chi connectivity index (χ1n) is 6.73. The molecule has 6 nitrogen and oxygen atoms in total. The van der Waals surface area contributed by atoms with E-state index in [0.29, 0.717) is 11.5 Å². The van der Waals surface area contributed by atoms with Crippen molar-refractivity contribution in [1.29, 1.82) is 0 Å². The molecule has 1 atom stereocenters. The van der Waals surface area contributed by atoms with Crippen molar-refractivity contribution in [3.8, 4) is 0 Å². The minimum absolute atomic E-state index is 0.354. The summed E-state index contributed by atoms with van der Waals surface area (Å²) in [6, 6.07) is 1.85. The molecule has 3 rings (SSSR count). The second kappa shape index (κ2) is 5.32.